The molecule has 2 aliphatic rings. The summed E-state index contributed by atoms with van der Waals surface area (Å²) < 4.78 is 0. The summed E-state index contributed by atoms with van der Waals surface area (Å²) in [4.78, 5) is 11.5. The topological polar surface area (TPSA) is 60.0 Å². The quantitative estimate of drug-likeness (QED) is 0.676. The Morgan fingerprint density at radius 3 is 2.75 bits per heavy atom. The fourth-order valence-corrected chi connectivity index (χ4v) is 2.16. The predicted molar refractivity (Wildman–Crippen MR) is 61.7 cm³/mol. The molecule has 0 bridgehead atoms. The monoisotopic (exact) mass is 225 g/mol. The van der Waals surface area contributed by atoms with E-state index in [9.17, 15) is 4.79 Å². The van der Waals surface area contributed by atoms with E-state index in [0.717, 1.165) is 12.3 Å². The molecule has 90 valence electrons. The fraction of sp³-hybridized carbons (Fsp3) is 0.800. The first kappa shape index (κ1) is 11.2. The number of hydrazine groups is 1. The highest BCUT2D eigenvalue weighted by atomic mass is 16.2. The summed E-state index contributed by atoms with van der Waals surface area (Å²) in [5.41, 5.74) is 3.02. The minimum absolute atomic E-state index is 0.146. The molecule has 0 aliphatic carbocycles. The summed E-state index contributed by atoms with van der Waals surface area (Å²) >= 11 is 0. The standard InChI is InChI=1S/C10H19N5O/c1-7-5-4-6-8(11-7)9-12-14(2)10(16)15(3)13-9/h7-8,11H,4-6H2,1-3H3,(H,12,13). The van der Waals surface area contributed by atoms with Gasteiger partial charge in [0.1, 0.15) is 0 Å². The Morgan fingerprint density at radius 2 is 2.12 bits per heavy atom. The third kappa shape index (κ3) is 2.11. The number of amidine groups is 1. The maximum atomic E-state index is 11.5. The van der Waals surface area contributed by atoms with Crippen LogP contribution in [0.2, 0.25) is 0 Å². The number of piperidine rings is 1. The van der Waals surface area contributed by atoms with Crippen LogP contribution in [0.15, 0.2) is 5.10 Å². The van der Waals surface area contributed by atoms with E-state index in [0.29, 0.717) is 6.04 Å². The van der Waals surface area contributed by atoms with E-state index in [-0.39, 0.29) is 12.1 Å². The van der Waals surface area contributed by atoms with Gasteiger partial charge in [0.05, 0.1) is 6.04 Å². The van der Waals surface area contributed by atoms with E-state index in [4.69, 9.17) is 0 Å². The molecule has 0 aromatic heterocycles. The van der Waals surface area contributed by atoms with Crippen LogP contribution in [0.4, 0.5) is 4.79 Å². The summed E-state index contributed by atoms with van der Waals surface area (Å²) in [7, 11) is 3.38. The summed E-state index contributed by atoms with van der Waals surface area (Å²) in [5, 5.41) is 10.6. The van der Waals surface area contributed by atoms with Crippen LogP contribution in [0.25, 0.3) is 0 Å². The van der Waals surface area contributed by atoms with Crippen molar-refractivity contribution < 1.29 is 4.79 Å². The average molecular weight is 225 g/mol. The summed E-state index contributed by atoms with van der Waals surface area (Å²) in [5.74, 6) is 0.830. The molecule has 2 amide bonds. The van der Waals surface area contributed by atoms with E-state index in [1.807, 2.05) is 0 Å². The van der Waals surface area contributed by atoms with Crippen LogP contribution in [0.3, 0.4) is 0 Å². The van der Waals surface area contributed by atoms with Gasteiger partial charge in [-0.3, -0.25) is 5.43 Å². The smallest absolute Gasteiger partial charge is 0.305 e. The largest absolute Gasteiger partial charge is 0.358 e. The van der Waals surface area contributed by atoms with Gasteiger partial charge in [0, 0.05) is 20.1 Å². The Hall–Kier alpha value is -1.30. The van der Waals surface area contributed by atoms with Gasteiger partial charge in [-0.05, 0) is 26.2 Å². The maximum Gasteiger partial charge on any atom is 0.358 e. The van der Waals surface area contributed by atoms with Crippen LogP contribution in [0.5, 0.6) is 0 Å². The number of nitrogens with zero attached hydrogens (tertiary/aromatic N) is 3. The number of nitrogens with one attached hydrogen (secondary N) is 2. The molecular weight excluding hydrogens is 206 g/mol. The van der Waals surface area contributed by atoms with Crippen LogP contribution >= 0.6 is 0 Å². The van der Waals surface area contributed by atoms with Gasteiger partial charge in [-0.15, -0.1) is 0 Å². The van der Waals surface area contributed by atoms with Crippen molar-refractivity contribution in [1.29, 1.82) is 0 Å². The lowest BCUT2D eigenvalue weighted by atomic mass is 9.99. The zero-order valence-corrected chi connectivity index (χ0v) is 10.0. The van der Waals surface area contributed by atoms with Crippen molar-refractivity contribution in [2.24, 2.45) is 5.10 Å². The van der Waals surface area contributed by atoms with Gasteiger partial charge in [0.15, 0.2) is 5.84 Å². The molecule has 0 aromatic rings. The van der Waals surface area contributed by atoms with E-state index in [1.165, 1.54) is 22.9 Å². The molecule has 2 aliphatic heterocycles. The minimum atomic E-state index is -0.146. The average Bonchev–Trinajstić information content (AvgIpc) is 2.25. The van der Waals surface area contributed by atoms with E-state index < -0.39 is 0 Å². The number of hydrogen-bond acceptors (Lipinski definition) is 4. The molecule has 1 fully saturated rings. The van der Waals surface area contributed by atoms with Crippen molar-refractivity contribution in [3.05, 3.63) is 0 Å². The molecular formula is C10H19N5O. The van der Waals surface area contributed by atoms with Gasteiger partial charge in [0.25, 0.3) is 0 Å². The normalized spacial score (nSPS) is 31.2. The first-order chi connectivity index (χ1) is 7.58. The molecule has 0 radical (unpaired) electrons. The van der Waals surface area contributed by atoms with Gasteiger partial charge < -0.3 is 5.32 Å². The second-order valence-corrected chi connectivity index (χ2v) is 4.51. The Labute approximate surface area is 95.6 Å². The third-order valence-corrected chi connectivity index (χ3v) is 3.05. The number of hydrazone groups is 1. The van der Waals surface area contributed by atoms with E-state index in [2.05, 4.69) is 22.8 Å². The third-order valence-electron chi connectivity index (χ3n) is 3.05. The molecule has 1 saturated heterocycles. The molecule has 2 rings (SSSR count). The Kier molecular flexibility index (Phi) is 3.00. The van der Waals surface area contributed by atoms with Gasteiger partial charge in [-0.1, -0.05) is 0 Å². The maximum absolute atomic E-state index is 11.5. The summed E-state index contributed by atoms with van der Waals surface area (Å²) in [6.45, 7) is 2.17. The zero-order valence-electron chi connectivity index (χ0n) is 10.0. The number of hydrogen-bond donors (Lipinski definition) is 2. The molecule has 2 atom stereocenters. The number of carbonyl (C=O) groups is 1. The number of urea groups is 1. The Balaban J connectivity index is 2.09. The van der Waals surface area contributed by atoms with Crippen LogP contribution in [-0.4, -0.2) is 48.1 Å². The van der Waals surface area contributed by atoms with Gasteiger partial charge in [-0.2, -0.15) is 5.10 Å². The van der Waals surface area contributed by atoms with Crippen molar-refractivity contribution in [2.45, 2.75) is 38.3 Å². The number of carbonyl (C=O) groups excluding carboxylic acids is 1. The highest BCUT2D eigenvalue weighted by Gasteiger charge is 2.29. The molecule has 0 aromatic carbocycles. The van der Waals surface area contributed by atoms with Crippen molar-refractivity contribution in [2.75, 3.05) is 14.1 Å². The van der Waals surface area contributed by atoms with Gasteiger partial charge in [-0.25, -0.2) is 14.8 Å². The van der Waals surface area contributed by atoms with Crippen LogP contribution in [0, 0.1) is 0 Å². The molecule has 2 heterocycles. The second kappa shape index (κ2) is 4.29. The van der Waals surface area contributed by atoms with Crippen molar-refractivity contribution in [3.8, 4) is 0 Å². The number of rotatable bonds is 1. The van der Waals surface area contributed by atoms with Crippen molar-refractivity contribution in [1.82, 2.24) is 20.8 Å². The lowest BCUT2D eigenvalue weighted by Crippen LogP contribution is -2.59. The van der Waals surface area contributed by atoms with E-state index >= 15 is 0 Å². The summed E-state index contributed by atoms with van der Waals surface area (Å²) in [6.07, 6.45) is 3.46. The second-order valence-electron chi connectivity index (χ2n) is 4.51. The number of amides is 2. The SMILES string of the molecule is CC1CCCC(C2=NN(C)C(=O)N(C)N2)N1. The van der Waals surface area contributed by atoms with Gasteiger partial charge >= 0.3 is 6.03 Å². The molecule has 16 heavy (non-hydrogen) atoms. The molecule has 2 N–H and O–H groups in total. The Morgan fingerprint density at radius 1 is 1.38 bits per heavy atom. The molecule has 0 spiro atoms. The summed E-state index contributed by atoms with van der Waals surface area (Å²) in [6, 6.07) is 0.589. The van der Waals surface area contributed by atoms with Crippen molar-refractivity contribution in [3.63, 3.8) is 0 Å². The first-order valence-electron chi connectivity index (χ1n) is 5.70. The van der Waals surface area contributed by atoms with Crippen LogP contribution in [-0.2, 0) is 0 Å². The lowest BCUT2D eigenvalue weighted by molar-refractivity contribution is 0.154. The van der Waals surface area contributed by atoms with Crippen LogP contribution < -0.4 is 10.7 Å². The van der Waals surface area contributed by atoms with E-state index in [1.54, 1.807) is 14.1 Å². The predicted octanol–water partition coefficient (Wildman–Crippen LogP) is 0.332. The highest BCUT2D eigenvalue weighted by Crippen LogP contribution is 2.14. The molecule has 6 nitrogen and oxygen atoms in total. The highest BCUT2D eigenvalue weighted by molar-refractivity contribution is 5.92. The zero-order chi connectivity index (χ0) is 11.7. The molecule has 2 unspecified atom stereocenters. The van der Waals surface area contributed by atoms with Crippen molar-refractivity contribution >= 4 is 11.9 Å². The minimum Gasteiger partial charge on any atom is -0.305 e. The van der Waals surface area contributed by atoms with Gasteiger partial charge in [0.2, 0.25) is 0 Å². The molecule has 6 heteroatoms. The Bertz CT molecular complexity index is 316. The fourth-order valence-electron chi connectivity index (χ4n) is 2.16. The molecule has 0 saturated carbocycles. The first-order valence-corrected chi connectivity index (χ1v) is 5.70. The van der Waals surface area contributed by atoms with Crippen LogP contribution in [0.1, 0.15) is 26.2 Å². The lowest BCUT2D eigenvalue weighted by Gasteiger charge is -2.36.